The highest BCUT2D eigenvalue weighted by Gasteiger charge is 2.24. The summed E-state index contributed by atoms with van der Waals surface area (Å²) in [6.07, 6.45) is 9.65. The second-order valence-corrected chi connectivity index (χ2v) is 6.70. The number of hydrogen-bond acceptors (Lipinski definition) is 1. The fraction of sp³-hybridized carbons (Fsp3) is 0.550. The molecule has 1 aromatic heterocycles. The summed E-state index contributed by atoms with van der Waals surface area (Å²) < 4.78 is 16.7. The molecule has 23 heavy (non-hydrogen) atoms. The van der Waals surface area contributed by atoms with Gasteiger partial charge in [0.15, 0.2) is 0 Å². The first-order valence-electron chi connectivity index (χ1n) is 9.05. The number of imidazole rings is 1. The van der Waals surface area contributed by atoms with Gasteiger partial charge in [-0.3, -0.25) is 0 Å². The van der Waals surface area contributed by atoms with E-state index >= 15 is 0 Å². The first kappa shape index (κ1) is 16.2. The molecule has 2 aromatic rings. The van der Waals surface area contributed by atoms with Gasteiger partial charge in [-0.2, -0.15) is 0 Å². The predicted molar refractivity (Wildman–Crippen MR) is 93.1 cm³/mol. The predicted octanol–water partition coefficient (Wildman–Crippen LogP) is 5.85. The van der Waals surface area contributed by atoms with Crippen LogP contribution in [-0.2, 0) is 6.42 Å². The van der Waals surface area contributed by atoms with Gasteiger partial charge >= 0.3 is 0 Å². The first-order chi connectivity index (χ1) is 11.2. The molecule has 2 nitrogen and oxygen atoms in total. The van der Waals surface area contributed by atoms with Crippen LogP contribution in [0.4, 0.5) is 4.39 Å². The third-order valence-electron chi connectivity index (χ3n) is 5.02. The Balaban J connectivity index is 2.07. The third-order valence-corrected chi connectivity index (χ3v) is 5.02. The summed E-state index contributed by atoms with van der Waals surface area (Å²) in [6, 6.07) is 7.58. The molecule has 0 radical (unpaired) electrons. The number of halogens is 1. The van der Waals surface area contributed by atoms with Crippen LogP contribution in [0.1, 0.15) is 69.4 Å². The van der Waals surface area contributed by atoms with Crippen LogP contribution < -0.4 is 0 Å². The Morgan fingerprint density at radius 2 is 1.91 bits per heavy atom. The average molecular weight is 314 g/mol. The molecule has 1 saturated carbocycles. The van der Waals surface area contributed by atoms with Crippen molar-refractivity contribution in [3.8, 4) is 11.3 Å². The minimum absolute atomic E-state index is 0.168. The van der Waals surface area contributed by atoms with Gasteiger partial charge in [0, 0.05) is 17.3 Å². The lowest BCUT2D eigenvalue weighted by molar-refractivity contribution is 0.341. The molecule has 124 valence electrons. The Morgan fingerprint density at radius 1 is 1.17 bits per heavy atom. The zero-order valence-electron chi connectivity index (χ0n) is 14.3. The van der Waals surface area contributed by atoms with Crippen LogP contribution in [0.25, 0.3) is 11.3 Å². The Hall–Kier alpha value is -1.64. The monoisotopic (exact) mass is 314 g/mol. The lowest BCUT2D eigenvalue weighted by atomic mass is 9.94. The number of nitrogens with zero attached hydrogens (tertiary/aromatic N) is 2. The summed E-state index contributed by atoms with van der Waals surface area (Å²) in [5.74, 6) is 0.875. The number of benzene rings is 1. The molecule has 0 N–H and O–H groups in total. The van der Waals surface area contributed by atoms with Crippen LogP contribution >= 0.6 is 0 Å². The van der Waals surface area contributed by atoms with E-state index in [1.54, 1.807) is 6.07 Å². The van der Waals surface area contributed by atoms with Gasteiger partial charge in [0.1, 0.15) is 11.6 Å². The molecule has 0 amide bonds. The van der Waals surface area contributed by atoms with Crippen molar-refractivity contribution in [2.75, 3.05) is 0 Å². The van der Waals surface area contributed by atoms with E-state index in [1.807, 2.05) is 12.1 Å². The summed E-state index contributed by atoms with van der Waals surface area (Å²) in [5, 5.41) is 0. The van der Waals surface area contributed by atoms with Gasteiger partial charge < -0.3 is 4.57 Å². The number of hydrogen-bond donors (Lipinski definition) is 0. The standard InChI is InChI=1S/C20H27FN2/c1-3-4-14-19-20(17-12-8-9-13-18(17)21)22-15(2)23(19)16-10-6-5-7-11-16/h8-9,12-13,16H,3-7,10-11,14H2,1-2H3. The maximum absolute atomic E-state index is 14.3. The number of unbranched alkanes of at least 4 members (excludes halogenated alkanes) is 1. The summed E-state index contributed by atoms with van der Waals surface area (Å²) in [7, 11) is 0. The van der Waals surface area contributed by atoms with Gasteiger partial charge in [0.2, 0.25) is 0 Å². The van der Waals surface area contributed by atoms with E-state index < -0.39 is 0 Å². The maximum Gasteiger partial charge on any atom is 0.132 e. The Bertz CT molecular complexity index is 654. The SMILES string of the molecule is CCCCc1c(-c2ccccc2F)nc(C)n1C1CCCCC1. The van der Waals surface area contributed by atoms with Gasteiger partial charge in [0.25, 0.3) is 0 Å². The lowest BCUT2D eigenvalue weighted by Crippen LogP contribution is -2.17. The lowest BCUT2D eigenvalue weighted by Gasteiger charge is -2.26. The first-order valence-corrected chi connectivity index (χ1v) is 9.05. The fourth-order valence-corrected chi connectivity index (χ4v) is 3.87. The highest BCUT2D eigenvalue weighted by Crippen LogP contribution is 2.35. The fourth-order valence-electron chi connectivity index (χ4n) is 3.87. The van der Waals surface area contributed by atoms with Crippen LogP contribution in [0, 0.1) is 12.7 Å². The van der Waals surface area contributed by atoms with E-state index in [0.29, 0.717) is 11.6 Å². The van der Waals surface area contributed by atoms with Crippen molar-refractivity contribution >= 4 is 0 Å². The quantitative estimate of drug-likeness (QED) is 0.677. The molecule has 0 unspecified atom stereocenters. The second kappa shape index (κ2) is 7.29. The minimum atomic E-state index is -0.168. The van der Waals surface area contributed by atoms with Gasteiger partial charge in [-0.05, 0) is 44.7 Å². The molecule has 1 aliphatic carbocycles. The molecule has 1 fully saturated rings. The molecule has 0 spiro atoms. The van der Waals surface area contributed by atoms with E-state index in [2.05, 4.69) is 18.4 Å². The molecule has 0 bridgehead atoms. The van der Waals surface area contributed by atoms with Crippen LogP contribution in [-0.4, -0.2) is 9.55 Å². The minimum Gasteiger partial charge on any atom is -0.329 e. The van der Waals surface area contributed by atoms with Crippen molar-refractivity contribution in [2.45, 2.75) is 71.3 Å². The zero-order chi connectivity index (χ0) is 16.2. The molecule has 0 atom stereocenters. The number of rotatable bonds is 5. The van der Waals surface area contributed by atoms with Crippen molar-refractivity contribution < 1.29 is 4.39 Å². The van der Waals surface area contributed by atoms with E-state index in [0.717, 1.165) is 30.8 Å². The third kappa shape index (κ3) is 3.34. The molecule has 3 rings (SSSR count). The molecule has 0 saturated heterocycles. The van der Waals surface area contributed by atoms with Crippen LogP contribution in [0.2, 0.25) is 0 Å². The molecular formula is C20H27FN2. The molecule has 1 heterocycles. The number of aromatic nitrogens is 2. The van der Waals surface area contributed by atoms with E-state index in [1.165, 1.54) is 43.9 Å². The van der Waals surface area contributed by atoms with Gasteiger partial charge in [0.05, 0.1) is 5.69 Å². The smallest absolute Gasteiger partial charge is 0.132 e. The average Bonchev–Trinajstić information content (AvgIpc) is 2.90. The van der Waals surface area contributed by atoms with Crippen molar-refractivity contribution in [3.05, 3.63) is 41.6 Å². The van der Waals surface area contributed by atoms with Gasteiger partial charge in [-0.25, -0.2) is 9.37 Å². The zero-order valence-corrected chi connectivity index (χ0v) is 14.3. The Labute approximate surface area is 138 Å². The van der Waals surface area contributed by atoms with Crippen LogP contribution in [0.5, 0.6) is 0 Å². The van der Waals surface area contributed by atoms with Crippen molar-refractivity contribution in [2.24, 2.45) is 0 Å². The maximum atomic E-state index is 14.3. The molecule has 1 aliphatic rings. The van der Waals surface area contributed by atoms with Crippen LogP contribution in [0.15, 0.2) is 24.3 Å². The van der Waals surface area contributed by atoms with E-state index in [-0.39, 0.29) is 5.82 Å². The Kier molecular flexibility index (Phi) is 5.14. The Morgan fingerprint density at radius 3 is 2.61 bits per heavy atom. The summed E-state index contributed by atoms with van der Waals surface area (Å²) >= 11 is 0. The number of aryl methyl sites for hydroxylation is 1. The van der Waals surface area contributed by atoms with Crippen molar-refractivity contribution in [3.63, 3.8) is 0 Å². The molecule has 0 aliphatic heterocycles. The van der Waals surface area contributed by atoms with Crippen molar-refractivity contribution in [1.82, 2.24) is 9.55 Å². The molecule has 1 aromatic carbocycles. The van der Waals surface area contributed by atoms with Crippen molar-refractivity contribution in [1.29, 1.82) is 0 Å². The second-order valence-electron chi connectivity index (χ2n) is 6.70. The summed E-state index contributed by atoms with van der Waals surface area (Å²) in [5.41, 5.74) is 2.75. The van der Waals surface area contributed by atoms with Gasteiger partial charge in [-0.1, -0.05) is 44.7 Å². The van der Waals surface area contributed by atoms with Crippen LogP contribution in [0.3, 0.4) is 0 Å². The van der Waals surface area contributed by atoms with Gasteiger partial charge in [-0.15, -0.1) is 0 Å². The largest absolute Gasteiger partial charge is 0.329 e. The summed E-state index contributed by atoms with van der Waals surface area (Å²) in [6.45, 7) is 4.28. The van der Waals surface area contributed by atoms with E-state index in [9.17, 15) is 4.39 Å². The normalized spacial score (nSPS) is 16.0. The molecular weight excluding hydrogens is 287 g/mol. The highest BCUT2D eigenvalue weighted by atomic mass is 19.1. The van der Waals surface area contributed by atoms with E-state index in [4.69, 9.17) is 4.98 Å². The molecule has 3 heteroatoms. The highest BCUT2D eigenvalue weighted by molar-refractivity contribution is 5.63. The topological polar surface area (TPSA) is 17.8 Å². The summed E-state index contributed by atoms with van der Waals surface area (Å²) in [4.78, 5) is 4.79.